The summed E-state index contributed by atoms with van der Waals surface area (Å²) in [6.45, 7) is 1.91. The number of amides is 1. The number of aryl methyl sites for hydroxylation is 2. The number of carbonyl (C=O) groups is 1. The van der Waals surface area contributed by atoms with Gasteiger partial charge < -0.3 is 16.0 Å². The van der Waals surface area contributed by atoms with Crippen molar-refractivity contribution in [1.82, 2.24) is 25.1 Å². The maximum absolute atomic E-state index is 11.4. The molecular formula is C16H16N8O. The molecule has 126 valence electrons. The zero-order valence-corrected chi connectivity index (χ0v) is 13.5. The fourth-order valence-corrected chi connectivity index (χ4v) is 2.60. The Morgan fingerprint density at radius 2 is 2.08 bits per heavy atom. The fourth-order valence-electron chi connectivity index (χ4n) is 2.60. The lowest BCUT2D eigenvalue weighted by atomic mass is 10.0. The molecule has 0 bridgehead atoms. The summed E-state index contributed by atoms with van der Waals surface area (Å²) >= 11 is 0. The number of fused-ring (bicyclic) bond motifs is 1. The minimum absolute atomic E-state index is 0.0539. The van der Waals surface area contributed by atoms with Gasteiger partial charge >= 0.3 is 0 Å². The Balaban J connectivity index is 1.55. The van der Waals surface area contributed by atoms with Crippen LogP contribution in [0.25, 0.3) is 0 Å². The molecule has 0 saturated carbocycles. The van der Waals surface area contributed by atoms with Crippen molar-refractivity contribution >= 4 is 35.0 Å². The molecule has 0 saturated heterocycles. The number of hydrogen-bond acceptors (Lipinski definition) is 7. The van der Waals surface area contributed by atoms with E-state index < -0.39 is 0 Å². The molecule has 4 N–H and O–H groups in total. The Bertz CT molecular complexity index is 922. The van der Waals surface area contributed by atoms with Gasteiger partial charge in [0, 0.05) is 29.6 Å². The van der Waals surface area contributed by atoms with E-state index in [-0.39, 0.29) is 5.91 Å². The topological polar surface area (TPSA) is 121 Å². The van der Waals surface area contributed by atoms with E-state index in [1.165, 1.54) is 6.33 Å². The van der Waals surface area contributed by atoms with Gasteiger partial charge in [0.15, 0.2) is 0 Å². The number of aromatic nitrogens is 5. The Kier molecular flexibility index (Phi) is 3.73. The van der Waals surface area contributed by atoms with Crippen molar-refractivity contribution in [2.45, 2.75) is 19.8 Å². The predicted molar refractivity (Wildman–Crippen MR) is 93.1 cm³/mol. The second-order valence-corrected chi connectivity index (χ2v) is 5.73. The summed E-state index contributed by atoms with van der Waals surface area (Å²) < 4.78 is 0. The summed E-state index contributed by atoms with van der Waals surface area (Å²) in [4.78, 5) is 24.2. The van der Waals surface area contributed by atoms with Crippen molar-refractivity contribution in [3.05, 3.63) is 41.9 Å². The number of aromatic amines is 1. The third-order valence-corrected chi connectivity index (χ3v) is 3.88. The van der Waals surface area contributed by atoms with Crippen molar-refractivity contribution in [3.8, 4) is 0 Å². The van der Waals surface area contributed by atoms with Gasteiger partial charge in [0.2, 0.25) is 17.8 Å². The number of nitrogens with zero attached hydrogens (tertiary/aromatic N) is 4. The van der Waals surface area contributed by atoms with E-state index in [1.807, 2.05) is 25.1 Å². The molecule has 4 rings (SSSR count). The largest absolute Gasteiger partial charge is 0.326 e. The van der Waals surface area contributed by atoms with E-state index >= 15 is 0 Å². The lowest BCUT2D eigenvalue weighted by Gasteiger charge is -2.18. The molecule has 9 nitrogen and oxygen atoms in total. The first kappa shape index (κ1) is 15.1. The molecule has 0 radical (unpaired) electrons. The number of nitrogens with one attached hydrogen (secondary N) is 4. The third-order valence-electron chi connectivity index (χ3n) is 3.88. The molecule has 0 atom stereocenters. The highest BCUT2D eigenvalue weighted by atomic mass is 16.1. The van der Waals surface area contributed by atoms with Crippen LogP contribution in [-0.2, 0) is 11.2 Å². The minimum Gasteiger partial charge on any atom is -0.326 e. The Morgan fingerprint density at radius 1 is 1.16 bits per heavy atom. The molecule has 3 heterocycles. The molecule has 1 amide bonds. The normalized spacial score (nSPS) is 13.1. The zero-order valence-electron chi connectivity index (χ0n) is 13.5. The predicted octanol–water partition coefficient (Wildman–Crippen LogP) is 2.28. The molecule has 9 heteroatoms. The van der Waals surface area contributed by atoms with Gasteiger partial charge in [-0.1, -0.05) is 0 Å². The van der Waals surface area contributed by atoms with Crippen LogP contribution in [0.2, 0.25) is 0 Å². The smallest absolute Gasteiger partial charge is 0.229 e. The van der Waals surface area contributed by atoms with Crippen LogP contribution < -0.4 is 16.0 Å². The van der Waals surface area contributed by atoms with Crippen molar-refractivity contribution in [2.75, 3.05) is 16.0 Å². The maximum Gasteiger partial charge on any atom is 0.229 e. The summed E-state index contributed by atoms with van der Waals surface area (Å²) in [6.07, 6.45) is 4.38. The van der Waals surface area contributed by atoms with Gasteiger partial charge in [-0.25, -0.2) is 10.1 Å². The molecule has 0 spiro atoms. The van der Waals surface area contributed by atoms with E-state index in [4.69, 9.17) is 0 Å². The summed E-state index contributed by atoms with van der Waals surface area (Å²) in [5.41, 5.74) is 3.70. The van der Waals surface area contributed by atoms with Crippen LogP contribution in [-0.4, -0.2) is 31.1 Å². The molecule has 0 unspecified atom stereocenters. The summed E-state index contributed by atoms with van der Waals surface area (Å²) in [5, 5.41) is 15.7. The summed E-state index contributed by atoms with van der Waals surface area (Å²) in [5.74, 6) is 1.67. The molecule has 2 aromatic heterocycles. The van der Waals surface area contributed by atoms with E-state index in [2.05, 4.69) is 41.1 Å². The van der Waals surface area contributed by atoms with Gasteiger partial charge in [-0.05, 0) is 37.1 Å². The second-order valence-electron chi connectivity index (χ2n) is 5.73. The second kappa shape index (κ2) is 6.19. The van der Waals surface area contributed by atoms with Crippen LogP contribution in [0, 0.1) is 6.92 Å². The lowest BCUT2D eigenvalue weighted by molar-refractivity contribution is -0.116. The third kappa shape index (κ3) is 3.25. The number of anilines is 5. The van der Waals surface area contributed by atoms with Gasteiger partial charge in [-0.2, -0.15) is 15.1 Å². The molecule has 0 fully saturated rings. The Labute approximate surface area is 143 Å². The first-order chi connectivity index (χ1) is 12.2. The average molecular weight is 336 g/mol. The van der Waals surface area contributed by atoms with E-state index in [0.29, 0.717) is 24.1 Å². The van der Waals surface area contributed by atoms with Gasteiger partial charge in [0.25, 0.3) is 0 Å². The molecule has 1 aromatic carbocycles. The van der Waals surface area contributed by atoms with E-state index in [9.17, 15) is 4.79 Å². The average Bonchev–Trinajstić information content (AvgIpc) is 3.11. The van der Waals surface area contributed by atoms with Gasteiger partial charge in [0.1, 0.15) is 12.1 Å². The first-order valence-electron chi connectivity index (χ1n) is 7.83. The number of rotatable bonds is 4. The SMILES string of the molecule is Cc1cnc(Nc2ccc3c(c2)CCC(=O)N3)nc1Nc1ncn[nH]1. The molecular weight excluding hydrogens is 320 g/mol. The first-order valence-corrected chi connectivity index (χ1v) is 7.83. The lowest BCUT2D eigenvalue weighted by Crippen LogP contribution is -2.18. The molecule has 0 aliphatic carbocycles. The van der Waals surface area contributed by atoms with Gasteiger partial charge in [0.05, 0.1) is 0 Å². The van der Waals surface area contributed by atoms with Crippen molar-refractivity contribution < 1.29 is 4.79 Å². The van der Waals surface area contributed by atoms with Gasteiger partial charge in [-0.3, -0.25) is 4.79 Å². The van der Waals surface area contributed by atoms with Crippen LogP contribution >= 0.6 is 0 Å². The minimum atomic E-state index is 0.0539. The maximum atomic E-state index is 11.4. The van der Waals surface area contributed by atoms with Crippen LogP contribution in [0.1, 0.15) is 17.5 Å². The molecule has 25 heavy (non-hydrogen) atoms. The monoisotopic (exact) mass is 336 g/mol. The van der Waals surface area contributed by atoms with Crippen LogP contribution in [0.3, 0.4) is 0 Å². The van der Waals surface area contributed by atoms with Gasteiger partial charge in [-0.15, -0.1) is 0 Å². The van der Waals surface area contributed by atoms with E-state index in [1.54, 1.807) is 6.20 Å². The van der Waals surface area contributed by atoms with Crippen molar-refractivity contribution in [2.24, 2.45) is 0 Å². The Hall–Kier alpha value is -3.49. The van der Waals surface area contributed by atoms with Crippen LogP contribution in [0.15, 0.2) is 30.7 Å². The molecule has 1 aliphatic rings. The number of carbonyl (C=O) groups excluding carboxylic acids is 1. The number of hydrogen-bond donors (Lipinski definition) is 4. The standard InChI is InChI=1S/C16H16N8O/c1-9-7-17-15(22-14(9)23-16-18-8-19-24-16)20-11-3-4-12-10(6-11)2-5-13(25)21-12/h3-4,6-8H,2,5H2,1H3,(H,21,25)(H3,17,18,19,20,22,23,24). The summed E-state index contributed by atoms with van der Waals surface area (Å²) in [6, 6.07) is 5.77. The fraction of sp³-hybridized carbons (Fsp3) is 0.188. The van der Waals surface area contributed by atoms with Crippen molar-refractivity contribution in [1.29, 1.82) is 0 Å². The number of benzene rings is 1. The molecule has 3 aromatic rings. The molecule has 1 aliphatic heterocycles. The Morgan fingerprint density at radius 3 is 2.92 bits per heavy atom. The highest BCUT2D eigenvalue weighted by molar-refractivity contribution is 5.94. The van der Waals surface area contributed by atoms with Crippen molar-refractivity contribution in [3.63, 3.8) is 0 Å². The highest BCUT2D eigenvalue weighted by Gasteiger charge is 2.15. The van der Waals surface area contributed by atoms with Crippen LogP contribution in [0.4, 0.5) is 29.1 Å². The quantitative estimate of drug-likeness (QED) is 0.577. The van der Waals surface area contributed by atoms with E-state index in [0.717, 1.165) is 28.9 Å². The highest BCUT2D eigenvalue weighted by Crippen LogP contribution is 2.27. The van der Waals surface area contributed by atoms with Crippen LogP contribution in [0.5, 0.6) is 0 Å². The zero-order chi connectivity index (χ0) is 17.2. The summed E-state index contributed by atoms with van der Waals surface area (Å²) in [7, 11) is 0. The number of H-pyrrole nitrogens is 1.